The summed E-state index contributed by atoms with van der Waals surface area (Å²) >= 11 is 1.82. The molecular formula is C22H26N2O5S. The van der Waals surface area contributed by atoms with Gasteiger partial charge in [-0.3, -0.25) is 9.69 Å². The lowest BCUT2D eigenvalue weighted by Gasteiger charge is -2.36. The molecule has 0 atom stereocenters. The molecule has 160 valence electrons. The maximum atomic E-state index is 12.9. The van der Waals surface area contributed by atoms with Crippen molar-refractivity contribution in [2.75, 3.05) is 19.6 Å². The minimum absolute atomic E-state index is 0.217. The van der Waals surface area contributed by atoms with Crippen molar-refractivity contribution in [3.63, 3.8) is 0 Å². The molecule has 2 aromatic rings. The molecule has 1 aromatic heterocycles. The zero-order valence-electron chi connectivity index (χ0n) is 16.7. The Morgan fingerprint density at radius 2 is 1.60 bits per heavy atom. The van der Waals surface area contributed by atoms with Crippen LogP contribution in [0.1, 0.15) is 28.8 Å². The first kappa shape index (κ1) is 22.0. The van der Waals surface area contributed by atoms with Crippen LogP contribution in [0.3, 0.4) is 0 Å². The number of aliphatic carboxylic acids is 2. The Bertz CT molecular complexity index is 863. The number of hydrogen-bond acceptors (Lipinski definition) is 5. The second-order valence-corrected chi connectivity index (χ2v) is 8.55. The van der Waals surface area contributed by atoms with E-state index in [0.29, 0.717) is 5.91 Å². The number of benzene rings is 1. The van der Waals surface area contributed by atoms with Crippen LogP contribution in [0.25, 0.3) is 0 Å². The summed E-state index contributed by atoms with van der Waals surface area (Å²) in [6.07, 6.45) is 3.00. The zero-order valence-corrected chi connectivity index (χ0v) is 17.5. The van der Waals surface area contributed by atoms with Gasteiger partial charge in [-0.2, -0.15) is 0 Å². The third kappa shape index (κ3) is 5.90. The van der Waals surface area contributed by atoms with E-state index < -0.39 is 11.9 Å². The smallest absolute Gasteiger partial charge is 0.414 e. The number of rotatable bonds is 3. The first-order chi connectivity index (χ1) is 14.4. The van der Waals surface area contributed by atoms with Gasteiger partial charge < -0.3 is 15.1 Å². The monoisotopic (exact) mass is 430 g/mol. The second-order valence-electron chi connectivity index (χ2n) is 7.52. The van der Waals surface area contributed by atoms with E-state index in [-0.39, 0.29) is 5.92 Å². The maximum absolute atomic E-state index is 12.9. The van der Waals surface area contributed by atoms with Gasteiger partial charge >= 0.3 is 11.9 Å². The highest BCUT2D eigenvalue weighted by Crippen LogP contribution is 2.25. The van der Waals surface area contributed by atoms with Crippen molar-refractivity contribution < 1.29 is 24.6 Å². The highest BCUT2D eigenvalue weighted by molar-refractivity contribution is 7.09. The summed E-state index contributed by atoms with van der Waals surface area (Å²) in [7, 11) is 0. The van der Waals surface area contributed by atoms with Crippen LogP contribution < -0.4 is 0 Å². The molecule has 8 heteroatoms. The molecule has 3 heterocycles. The van der Waals surface area contributed by atoms with Crippen molar-refractivity contribution >= 4 is 29.2 Å². The molecule has 7 nitrogen and oxygen atoms in total. The Morgan fingerprint density at radius 3 is 2.20 bits per heavy atom. The average molecular weight is 431 g/mol. The highest BCUT2D eigenvalue weighted by atomic mass is 32.1. The summed E-state index contributed by atoms with van der Waals surface area (Å²) in [5.74, 6) is -3.06. The van der Waals surface area contributed by atoms with E-state index in [1.54, 1.807) is 0 Å². The van der Waals surface area contributed by atoms with Crippen molar-refractivity contribution in [2.24, 2.45) is 5.92 Å². The number of thiophene rings is 1. The van der Waals surface area contributed by atoms with E-state index in [2.05, 4.69) is 51.6 Å². The Kier molecular flexibility index (Phi) is 7.59. The summed E-state index contributed by atoms with van der Waals surface area (Å²) in [5.41, 5.74) is 2.74. The fraction of sp³-hybridized carbons (Fsp3) is 0.409. The van der Waals surface area contributed by atoms with Gasteiger partial charge in [0.15, 0.2) is 0 Å². The Balaban J connectivity index is 0.000000377. The van der Waals surface area contributed by atoms with Gasteiger partial charge in [-0.15, -0.1) is 11.3 Å². The second kappa shape index (κ2) is 10.4. The quantitative estimate of drug-likeness (QED) is 0.727. The van der Waals surface area contributed by atoms with Gasteiger partial charge in [-0.25, -0.2) is 9.59 Å². The molecule has 2 aliphatic heterocycles. The normalized spacial score (nSPS) is 16.9. The van der Waals surface area contributed by atoms with Crippen molar-refractivity contribution in [3.05, 3.63) is 57.8 Å². The number of nitrogens with zero attached hydrogens (tertiary/aromatic N) is 2. The number of likely N-dealkylation sites (tertiary alicyclic amines) is 1. The van der Waals surface area contributed by atoms with Crippen LogP contribution in [-0.4, -0.2) is 57.5 Å². The summed E-state index contributed by atoms with van der Waals surface area (Å²) in [6.45, 7) is 4.79. The van der Waals surface area contributed by atoms with Gasteiger partial charge in [0.05, 0.1) is 0 Å². The third-order valence-corrected chi connectivity index (χ3v) is 6.38. The summed E-state index contributed by atoms with van der Waals surface area (Å²) in [4.78, 5) is 37.1. The highest BCUT2D eigenvalue weighted by Gasteiger charge is 2.30. The standard InChI is InChI=1S/C20H24N2OS.C2H2O4/c23-20(22-12-9-16-4-1-2-5-18(16)14-22)17-7-10-21(11-8-17)15-19-6-3-13-24-19;3-1(4)2(5)6/h1-6,13,17H,7-12,14-15H2;(H,3,4)(H,5,6). The number of amides is 1. The number of hydrogen-bond donors (Lipinski definition) is 2. The minimum Gasteiger partial charge on any atom is -0.473 e. The molecule has 4 rings (SSSR count). The number of carbonyl (C=O) groups excluding carboxylic acids is 1. The average Bonchev–Trinajstić information content (AvgIpc) is 3.27. The van der Waals surface area contributed by atoms with E-state index in [9.17, 15) is 4.79 Å². The molecule has 1 aromatic carbocycles. The van der Waals surface area contributed by atoms with Gasteiger partial charge in [0.2, 0.25) is 5.91 Å². The van der Waals surface area contributed by atoms with Crippen LogP contribution in [0.15, 0.2) is 41.8 Å². The lowest BCUT2D eigenvalue weighted by Crippen LogP contribution is -2.44. The summed E-state index contributed by atoms with van der Waals surface area (Å²) in [5, 5.41) is 16.9. The fourth-order valence-electron chi connectivity index (χ4n) is 3.90. The number of carboxylic acids is 2. The van der Waals surface area contributed by atoms with Crippen LogP contribution in [0.5, 0.6) is 0 Å². The molecule has 0 radical (unpaired) electrons. The van der Waals surface area contributed by atoms with Crippen LogP contribution in [0.4, 0.5) is 0 Å². The summed E-state index contributed by atoms with van der Waals surface area (Å²) < 4.78 is 0. The van der Waals surface area contributed by atoms with E-state index in [4.69, 9.17) is 19.8 Å². The van der Waals surface area contributed by atoms with Crippen LogP contribution in [0.2, 0.25) is 0 Å². The SMILES string of the molecule is O=C(C1CCN(Cc2cccs2)CC1)N1CCc2ccccc2C1.O=C(O)C(=O)O. The lowest BCUT2D eigenvalue weighted by molar-refractivity contribution is -0.159. The first-order valence-corrected chi connectivity index (χ1v) is 10.9. The number of carboxylic acid groups (broad SMARTS) is 2. The van der Waals surface area contributed by atoms with Gasteiger partial charge in [0.25, 0.3) is 0 Å². The van der Waals surface area contributed by atoms with Gasteiger partial charge in [0.1, 0.15) is 0 Å². The summed E-state index contributed by atoms with van der Waals surface area (Å²) in [6, 6.07) is 12.9. The largest absolute Gasteiger partial charge is 0.473 e. The predicted molar refractivity (Wildman–Crippen MR) is 113 cm³/mol. The van der Waals surface area contributed by atoms with Gasteiger partial charge in [-0.05, 0) is 54.9 Å². The van der Waals surface area contributed by atoms with Crippen LogP contribution in [-0.2, 0) is 33.9 Å². The molecule has 1 fully saturated rings. The first-order valence-electron chi connectivity index (χ1n) is 10.0. The Hall–Kier alpha value is -2.71. The fourth-order valence-corrected chi connectivity index (χ4v) is 4.65. The topological polar surface area (TPSA) is 98.2 Å². The molecule has 2 aliphatic rings. The minimum atomic E-state index is -1.82. The van der Waals surface area contributed by atoms with Gasteiger partial charge in [0, 0.05) is 30.4 Å². The van der Waals surface area contributed by atoms with E-state index >= 15 is 0 Å². The molecule has 0 unspecified atom stereocenters. The van der Waals surface area contributed by atoms with Crippen LogP contribution >= 0.6 is 11.3 Å². The van der Waals surface area contributed by atoms with Crippen LogP contribution in [0, 0.1) is 5.92 Å². The number of carbonyl (C=O) groups is 3. The molecule has 0 saturated carbocycles. The number of piperidine rings is 1. The maximum Gasteiger partial charge on any atom is 0.414 e. The van der Waals surface area contributed by atoms with Crippen molar-refractivity contribution in [3.8, 4) is 0 Å². The predicted octanol–water partition coefficient (Wildman–Crippen LogP) is 2.70. The van der Waals surface area contributed by atoms with Crippen molar-refractivity contribution in [1.82, 2.24) is 9.80 Å². The molecule has 0 spiro atoms. The molecule has 0 bridgehead atoms. The lowest BCUT2D eigenvalue weighted by atomic mass is 9.93. The molecule has 30 heavy (non-hydrogen) atoms. The molecule has 1 amide bonds. The van der Waals surface area contributed by atoms with E-state index in [0.717, 1.165) is 52.0 Å². The molecule has 0 aliphatic carbocycles. The molecule has 1 saturated heterocycles. The number of fused-ring (bicyclic) bond motifs is 1. The van der Waals surface area contributed by atoms with E-state index in [1.807, 2.05) is 11.3 Å². The zero-order chi connectivity index (χ0) is 21.5. The van der Waals surface area contributed by atoms with E-state index in [1.165, 1.54) is 16.0 Å². The molecule has 2 N–H and O–H groups in total. The third-order valence-electron chi connectivity index (χ3n) is 5.52. The van der Waals surface area contributed by atoms with Crippen molar-refractivity contribution in [1.29, 1.82) is 0 Å². The Labute approximate surface area is 179 Å². The van der Waals surface area contributed by atoms with Crippen molar-refractivity contribution in [2.45, 2.75) is 32.4 Å². The molecular weight excluding hydrogens is 404 g/mol. The van der Waals surface area contributed by atoms with Gasteiger partial charge in [-0.1, -0.05) is 30.3 Å². The Morgan fingerprint density at radius 1 is 0.933 bits per heavy atom.